The first kappa shape index (κ1) is 23.6. The molecule has 5 aromatic rings. The predicted octanol–water partition coefficient (Wildman–Crippen LogP) is 6.77. The molecule has 6 rings (SSSR count). The largest absolute Gasteiger partial charge is 0.243 e. The Morgan fingerprint density at radius 2 is 0.973 bits per heavy atom. The molecule has 0 nitrogen and oxygen atoms in total. The van der Waals surface area contributed by atoms with E-state index in [1.807, 2.05) is 0 Å². The first-order valence-corrected chi connectivity index (χ1v) is 13.3. The minimum atomic E-state index is -0.199. The minimum absolute atomic E-state index is 0.156. The zero-order valence-electron chi connectivity index (χ0n) is 22.5. The lowest BCUT2D eigenvalue weighted by Gasteiger charge is -2.29. The van der Waals surface area contributed by atoms with Gasteiger partial charge in [0.25, 0.3) is 0 Å². The van der Waals surface area contributed by atoms with Crippen LogP contribution >= 0.6 is 0 Å². The molecule has 37 heavy (non-hydrogen) atoms. The molecule has 1 aliphatic carbocycles. The van der Waals surface area contributed by atoms with Gasteiger partial charge in [0.1, 0.15) is 0 Å². The van der Waals surface area contributed by atoms with E-state index in [-0.39, 0.29) is 12.1 Å². The Kier molecular flexibility index (Phi) is 5.68. The lowest BCUT2D eigenvalue weighted by molar-refractivity contribution is 0.714. The molecule has 0 amide bonds. The van der Waals surface area contributed by atoms with Crippen LogP contribution in [0.15, 0.2) is 109 Å². The number of hydrogen-bond acceptors (Lipinski definition) is 0. The fourth-order valence-corrected chi connectivity index (χ4v) is 6.91. The van der Waals surface area contributed by atoms with Gasteiger partial charge in [-0.05, 0) is 62.4 Å². The van der Waals surface area contributed by atoms with E-state index in [1.165, 1.54) is 66.5 Å². The van der Waals surface area contributed by atoms with Crippen LogP contribution in [0.1, 0.15) is 45.9 Å². The third kappa shape index (κ3) is 3.52. The van der Waals surface area contributed by atoms with Crippen LogP contribution in [-0.4, -0.2) is 6.71 Å². The molecule has 180 valence electrons. The van der Waals surface area contributed by atoms with Crippen LogP contribution in [0.25, 0.3) is 11.1 Å². The van der Waals surface area contributed by atoms with Gasteiger partial charge >= 0.3 is 0 Å². The second-order valence-electron chi connectivity index (χ2n) is 10.9. The summed E-state index contributed by atoms with van der Waals surface area (Å²) in [4.78, 5) is 0. The van der Waals surface area contributed by atoms with Crippen molar-refractivity contribution in [1.82, 2.24) is 0 Å². The molecule has 0 bridgehead atoms. The van der Waals surface area contributed by atoms with Gasteiger partial charge in [-0.3, -0.25) is 0 Å². The molecule has 1 aliphatic rings. The monoisotopic (exact) mass is 476 g/mol. The van der Waals surface area contributed by atoms with Crippen molar-refractivity contribution in [2.75, 3.05) is 0 Å². The second kappa shape index (κ2) is 8.92. The highest BCUT2D eigenvalue weighted by atomic mass is 14.4. The third-order valence-corrected chi connectivity index (χ3v) is 8.69. The van der Waals surface area contributed by atoms with E-state index < -0.39 is 0 Å². The average Bonchev–Trinajstić information content (AvgIpc) is 3.18. The maximum absolute atomic E-state index is 2.41. The number of fused-ring (bicyclic) bond motifs is 3. The topological polar surface area (TPSA) is 0 Å². The van der Waals surface area contributed by atoms with Crippen molar-refractivity contribution in [3.05, 3.63) is 148 Å². The maximum atomic E-state index is 2.41. The molecule has 0 saturated carbocycles. The average molecular weight is 476 g/mol. The first-order valence-electron chi connectivity index (χ1n) is 13.3. The Balaban J connectivity index is 1.73. The van der Waals surface area contributed by atoms with E-state index in [9.17, 15) is 0 Å². The number of rotatable bonds is 4. The zero-order valence-corrected chi connectivity index (χ0v) is 22.5. The van der Waals surface area contributed by atoms with Crippen LogP contribution < -0.4 is 16.4 Å². The Bertz CT molecular complexity index is 1540. The highest BCUT2D eigenvalue weighted by molar-refractivity contribution is 6.97. The molecule has 0 fully saturated rings. The van der Waals surface area contributed by atoms with Crippen LogP contribution in [0.3, 0.4) is 0 Å². The SMILES string of the molecule is Cc1cccc(C)c1B(c1cccc2c1-c1ccccc1C2(C)c1ccccc1)c1c(C)cccc1C. The molecule has 0 radical (unpaired) electrons. The molecule has 0 N–H and O–H groups in total. The number of aryl methyl sites for hydroxylation is 4. The van der Waals surface area contributed by atoms with Crippen molar-refractivity contribution < 1.29 is 0 Å². The molecule has 1 unspecified atom stereocenters. The lowest BCUT2D eigenvalue weighted by Crippen LogP contribution is -2.56. The van der Waals surface area contributed by atoms with Gasteiger partial charge in [0.15, 0.2) is 0 Å². The highest BCUT2D eigenvalue weighted by Crippen LogP contribution is 2.51. The summed E-state index contributed by atoms with van der Waals surface area (Å²) >= 11 is 0. The van der Waals surface area contributed by atoms with Gasteiger partial charge < -0.3 is 0 Å². The highest BCUT2D eigenvalue weighted by Gasteiger charge is 2.43. The molecular formula is C36H33B. The Labute approximate surface area is 222 Å². The van der Waals surface area contributed by atoms with E-state index in [4.69, 9.17) is 0 Å². The summed E-state index contributed by atoms with van der Waals surface area (Å²) in [5, 5.41) is 0. The van der Waals surface area contributed by atoms with E-state index in [1.54, 1.807) is 0 Å². The molecule has 1 heteroatoms. The van der Waals surface area contributed by atoms with Crippen LogP contribution in [0.2, 0.25) is 0 Å². The molecule has 0 heterocycles. The summed E-state index contributed by atoms with van der Waals surface area (Å²) in [7, 11) is 0. The molecule has 0 saturated heterocycles. The standard InChI is InChI=1S/C36H33B/c1-24-14-11-15-25(2)34(24)37(35-26(3)16-12-17-27(35)4)32-23-13-22-31-33(32)29-20-9-10-21-30(29)36(31,5)28-18-7-6-8-19-28/h6-23H,1-5H3. The van der Waals surface area contributed by atoms with E-state index in [2.05, 4.69) is 144 Å². The Morgan fingerprint density at radius 3 is 1.57 bits per heavy atom. The van der Waals surface area contributed by atoms with E-state index in [0.717, 1.165) is 0 Å². The smallest absolute Gasteiger partial charge is 0.0663 e. The van der Waals surface area contributed by atoms with Crippen molar-refractivity contribution in [1.29, 1.82) is 0 Å². The van der Waals surface area contributed by atoms with Crippen molar-refractivity contribution in [2.45, 2.75) is 40.0 Å². The Morgan fingerprint density at radius 1 is 0.486 bits per heavy atom. The fourth-order valence-electron chi connectivity index (χ4n) is 6.91. The maximum Gasteiger partial charge on any atom is 0.243 e. The second-order valence-corrected chi connectivity index (χ2v) is 10.9. The summed E-state index contributed by atoms with van der Waals surface area (Å²) in [6.07, 6.45) is 0. The van der Waals surface area contributed by atoms with Crippen molar-refractivity contribution >= 4 is 23.1 Å². The van der Waals surface area contributed by atoms with Crippen LogP contribution in [-0.2, 0) is 5.41 Å². The normalized spacial score (nSPS) is 15.8. The summed E-state index contributed by atoms with van der Waals surface area (Å²) in [6.45, 7) is 11.7. The molecule has 5 aromatic carbocycles. The van der Waals surface area contributed by atoms with Gasteiger partial charge in [0.05, 0.1) is 0 Å². The summed E-state index contributed by atoms with van der Waals surface area (Å²) in [5.41, 5.74) is 16.4. The van der Waals surface area contributed by atoms with Gasteiger partial charge in [-0.1, -0.05) is 148 Å². The molecule has 1 atom stereocenters. The summed E-state index contributed by atoms with van der Waals surface area (Å²) < 4.78 is 0. The number of benzene rings is 5. The minimum Gasteiger partial charge on any atom is -0.0663 e. The fraction of sp³-hybridized carbons (Fsp3) is 0.167. The lowest BCUT2D eigenvalue weighted by atomic mass is 9.33. The Hall–Kier alpha value is -3.84. The van der Waals surface area contributed by atoms with Crippen molar-refractivity contribution in [3.8, 4) is 11.1 Å². The van der Waals surface area contributed by atoms with Gasteiger partial charge in [-0.15, -0.1) is 0 Å². The summed E-state index contributed by atoms with van der Waals surface area (Å²) in [6, 6.07) is 40.6. The van der Waals surface area contributed by atoms with Crippen molar-refractivity contribution in [2.24, 2.45) is 0 Å². The predicted molar refractivity (Wildman–Crippen MR) is 160 cm³/mol. The van der Waals surface area contributed by atoms with Gasteiger partial charge in [0.2, 0.25) is 6.71 Å². The number of hydrogen-bond donors (Lipinski definition) is 0. The van der Waals surface area contributed by atoms with Gasteiger partial charge in [-0.25, -0.2) is 0 Å². The summed E-state index contributed by atoms with van der Waals surface area (Å²) in [5.74, 6) is 0. The van der Waals surface area contributed by atoms with Gasteiger partial charge in [-0.2, -0.15) is 0 Å². The quantitative estimate of drug-likeness (QED) is 0.251. The van der Waals surface area contributed by atoms with Crippen molar-refractivity contribution in [3.63, 3.8) is 0 Å². The first-order chi connectivity index (χ1) is 17.9. The third-order valence-electron chi connectivity index (χ3n) is 8.69. The molecular weight excluding hydrogens is 443 g/mol. The van der Waals surface area contributed by atoms with Crippen LogP contribution in [0.4, 0.5) is 0 Å². The van der Waals surface area contributed by atoms with Gasteiger partial charge in [0, 0.05) is 5.41 Å². The van der Waals surface area contributed by atoms with Crippen LogP contribution in [0, 0.1) is 27.7 Å². The zero-order chi connectivity index (χ0) is 25.7. The van der Waals surface area contributed by atoms with Crippen LogP contribution in [0.5, 0.6) is 0 Å². The van der Waals surface area contributed by atoms with E-state index >= 15 is 0 Å². The molecule has 0 aromatic heterocycles. The molecule has 0 spiro atoms. The molecule has 0 aliphatic heterocycles. The van der Waals surface area contributed by atoms with E-state index in [0.29, 0.717) is 0 Å².